The van der Waals surface area contributed by atoms with Gasteiger partial charge in [0.2, 0.25) is 10.0 Å². The van der Waals surface area contributed by atoms with Gasteiger partial charge in [-0.15, -0.1) is 10.2 Å². The third kappa shape index (κ3) is 5.22. The van der Waals surface area contributed by atoms with E-state index < -0.39 is 10.0 Å². The van der Waals surface area contributed by atoms with Crippen molar-refractivity contribution in [3.05, 3.63) is 71.2 Å². The topological polar surface area (TPSA) is 95.9 Å². The molecule has 1 amide bonds. The Morgan fingerprint density at radius 2 is 1.47 bits per heavy atom. The second-order valence-corrected chi connectivity index (χ2v) is 11.0. The van der Waals surface area contributed by atoms with E-state index in [4.69, 9.17) is 16.3 Å². The molecule has 0 bridgehead atoms. The first-order valence-electron chi connectivity index (χ1n) is 11.7. The molecule has 0 spiro atoms. The minimum absolute atomic E-state index is 0.117. The lowest BCUT2D eigenvalue weighted by Crippen LogP contribution is -2.49. The minimum atomic E-state index is -3.59. The Bertz CT molecular complexity index is 1300. The van der Waals surface area contributed by atoms with Crippen molar-refractivity contribution >= 4 is 33.3 Å². The zero-order valence-electron chi connectivity index (χ0n) is 19.6. The van der Waals surface area contributed by atoms with Gasteiger partial charge in [0, 0.05) is 55.4 Å². The fourth-order valence-electron chi connectivity index (χ4n) is 4.30. The lowest BCUT2D eigenvalue weighted by Gasteiger charge is -2.35. The monoisotopic (exact) mass is 527 g/mol. The van der Waals surface area contributed by atoms with E-state index in [1.54, 1.807) is 17.0 Å². The van der Waals surface area contributed by atoms with Crippen molar-refractivity contribution in [2.24, 2.45) is 0 Å². The minimum Gasteiger partial charge on any atom is -0.379 e. The van der Waals surface area contributed by atoms with Gasteiger partial charge in [0.15, 0.2) is 5.82 Å². The summed E-state index contributed by atoms with van der Waals surface area (Å²) >= 11 is 5.95. The molecule has 2 saturated heterocycles. The fraction of sp³-hybridized carbons (Fsp3) is 0.320. The van der Waals surface area contributed by atoms with E-state index in [1.807, 2.05) is 36.4 Å². The first-order chi connectivity index (χ1) is 17.4. The maximum atomic E-state index is 13.0. The van der Waals surface area contributed by atoms with Crippen molar-refractivity contribution in [2.75, 3.05) is 57.4 Å². The Labute approximate surface area is 215 Å². The summed E-state index contributed by atoms with van der Waals surface area (Å²) in [6.45, 7) is 3.78. The highest BCUT2D eigenvalue weighted by atomic mass is 35.5. The molecule has 2 aromatic carbocycles. The highest BCUT2D eigenvalue weighted by Crippen LogP contribution is 2.22. The first-order valence-corrected chi connectivity index (χ1v) is 13.6. The molecule has 2 aliphatic heterocycles. The predicted octanol–water partition coefficient (Wildman–Crippen LogP) is 2.78. The molecule has 0 saturated carbocycles. The highest BCUT2D eigenvalue weighted by Gasteiger charge is 2.27. The standard InChI is InChI=1S/C25H26ClN5O4S/c26-21-5-1-19(2-6-21)23-9-10-24(28-27-23)29-11-13-30(14-12-29)25(32)20-3-7-22(8-4-20)36(33,34)31-15-17-35-18-16-31/h1-10H,11-18H2. The first kappa shape index (κ1) is 24.6. The van der Waals surface area contributed by atoms with Crippen molar-refractivity contribution in [3.63, 3.8) is 0 Å². The molecule has 3 aromatic rings. The zero-order chi connectivity index (χ0) is 25.1. The number of anilines is 1. The van der Waals surface area contributed by atoms with E-state index >= 15 is 0 Å². The van der Waals surface area contributed by atoms with E-state index in [0.29, 0.717) is 63.1 Å². The molecule has 5 rings (SSSR count). The summed E-state index contributed by atoms with van der Waals surface area (Å²) in [5.41, 5.74) is 2.18. The normalized spacial score (nSPS) is 17.2. The molecule has 1 aromatic heterocycles. The second kappa shape index (κ2) is 10.5. The van der Waals surface area contributed by atoms with Gasteiger partial charge < -0.3 is 14.5 Å². The third-order valence-electron chi connectivity index (χ3n) is 6.39. The lowest BCUT2D eigenvalue weighted by molar-refractivity contribution is 0.0730. The molecule has 11 heteroatoms. The molecule has 0 N–H and O–H groups in total. The van der Waals surface area contributed by atoms with Crippen LogP contribution in [0.5, 0.6) is 0 Å². The number of morpholine rings is 1. The number of ether oxygens (including phenoxy) is 1. The van der Waals surface area contributed by atoms with E-state index in [9.17, 15) is 13.2 Å². The van der Waals surface area contributed by atoms with Crippen molar-refractivity contribution < 1.29 is 17.9 Å². The SMILES string of the molecule is O=C(c1ccc(S(=O)(=O)N2CCOCC2)cc1)N1CCN(c2ccc(-c3ccc(Cl)cc3)nn2)CC1. The van der Waals surface area contributed by atoms with Crippen LogP contribution in [0.3, 0.4) is 0 Å². The number of carbonyl (C=O) groups is 1. The largest absolute Gasteiger partial charge is 0.379 e. The molecule has 188 valence electrons. The molecule has 3 heterocycles. The predicted molar refractivity (Wildman–Crippen MR) is 137 cm³/mol. The quantitative estimate of drug-likeness (QED) is 0.503. The van der Waals surface area contributed by atoms with Gasteiger partial charge in [-0.25, -0.2) is 8.42 Å². The zero-order valence-corrected chi connectivity index (χ0v) is 21.2. The summed E-state index contributed by atoms with van der Waals surface area (Å²) in [4.78, 5) is 17.1. The van der Waals surface area contributed by atoms with E-state index in [0.717, 1.165) is 17.1 Å². The van der Waals surface area contributed by atoms with Crippen LogP contribution in [0.4, 0.5) is 5.82 Å². The van der Waals surface area contributed by atoms with Crippen molar-refractivity contribution in [2.45, 2.75) is 4.90 Å². The number of sulfonamides is 1. The number of nitrogens with zero attached hydrogens (tertiary/aromatic N) is 5. The van der Waals surface area contributed by atoms with Gasteiger partial charge >= 0.3 is 0 Å². The molecule has 2 fully saturated rings. The van der Waals surface area contributed by atoms with Gasteiger partial charge in [0.25, 0.3) is 5.91 Å². The Hall–Kier alpha value is -3.05. The van der Waals surface area contributed by atoms with Gasteiger partial charge in [0.05, 0.1) is 23.8 Å². The van der Waals surface area contributed by atoms with E-state index in [1.165, 1.54) is 16.4 Å². The molecule has 36 heavy (non-hydrogen) atoms. The molecule has 0 aliphatic carbocycles. The van der Waals surface area contributed by atoms with Crippen molar-refractivity contribution in [1.82, 2.24) is 19.4 Å². The van der Waals surface area contributed by atoms with Crippen LogP contribution in [0.2, 0.25) is 5.02 Å². The summed E-state index contributed by atoms with van der Waals surface area (Å²) < 4.78 is 32.3. The Morgan fingerprint density at radius 1 is 0.806 bits per heavy atom. The lowest BCUT2D eigenvalue weighted by atomic mass is 10.1. The van der Waals surface area contributed by atoms with Crippen LogP contribution in [0.15, 0.2) is 65.6 Å². The second-order valence-electron chi connectivity index (χ2n) is 8.60. The van der Waals surface area contributed by atoms with Crippen LogP contribution >= 0.6 is 11.6 Å². The van der Waals surface area contributed by atoms with Gasteiger partial charge in [-0.3, -0.25) is 4.79 Å². The molecular formula is C25H26ClN5O4S. The van der Waals surface area contributed by atoms with Crippen molar-refractivity contribution in [1.29, 1.82) is 0 Å². The number of hydrogen-bond acceptors (Lipinski definition) is 7. The van der Waals surface area contributed by atoms with Gasteiger partial charge in [0.1, 0.15) is 0 Å². The molecule has 0 radical (unpaired) electrons. The summed E-state index contributed by atoms with van der Waals surface area (Å²) in [7, 11) is -3.59. The summed E-state index contributed by atoms with van der Waals surface area (Å²) in [6.07, 6.45) is 0. The van der Waals surface area contributed by atoms with Crippen LogP contribution in [0.1, 0.15) is 10.4 Å². The maximum absolute atomic E-state index is 13.0. The molecule has 9 nitrogen and oxygen atoms in total. The number of carbonyl (C=O) groups excluding carboxylic acids is 1. The van der Waals surface area contributed by atoms with E-state index in [2.05, 4.69) is 15.1 Å². The van der Waals surface area contributed by atoms with Crippen LogP contribution in [-0.4, -0.2) is 86.2 Å². The Balaban J connectivity index is 1.19. The molecular weight excluding hydrogens is 502 g/mol. The number of aromatic nitrogens is 2. The summed E-state index contributed by atoms with van der Waals surface area (Å²) in [6, 6.07) is 17.5. The molecule has 0 atom stereocenters. The van der Waals surface area contributed by atoms with Gasteiger partial charge in [-0.1, -0.05) is 23.7 Å². The van der Waals surface area contributed by atoms with Crippen molar-refractivity contribution in [3.8, 4) is 11.3 Å². The molecule has 2 aliphatic rings. The van der Waals surface area contributed by atoms with Crippen LogP contribution in [0.25, 0.3) is 11.3 Å². The number of piperazine rings is 1. The highest BCUT2D eigenvalue weighted by molar-refractivity contribution is 7.89. The fourth-order valence-corrected chi connectivity index (χ4v) is 5.83. The summed E-state index contributed by atoms with van der Waals surface area (Å²) in [5.74, 6) is 0.645. The van der Waals surface area contributed by atoms with Crippen LogP contribution < -0.4 is 4.90 Å². The van der Waals surface area contributed by atoms with Crippen LogP contribution in [-0.2, 0) is 14.8 Å². The smallest absolute Gasteiger partial charge is 0.253 e. The number of halogens is 1. The number of amides is 1. The van der Waals surface area contributed by atoms with Gasteiger partial charge in [-0.2, -0.15) is 4.31 Å². The number of rotatable bonds is 5. The average Bonchev–Trinajstić information content (AvgIpc) is 2.94. The Kier molecular flexibility index (Phi) is 7.20. The van der Waals surface area contributed by atoms with Gasteiger partial charge in [-0.05, 0) is 48.5 Å². The van der Waals surface area contributed by atoms with Crippen LogP contribution in [0, 0.1) is 0 Å². The molecule has 0 unspecified atom stereocenters. The third-order valence-corrected chi connectivity index (χ3v) is 8.56. The average molecular weight is 528 g/mol. The van der Waals surface area contributed by atoms with E-state index in [-0.39, 0.29) is 10.8 Å². The maximum Gasteiger partial charge on any atom is 0.253 e. The Morgan fingerprint density at radius 3 is 2.08 bits per heavy atom. The number of hydrogen-bond donors (Lipinski definition) is 0. The summed E-state index contributed by atoms with van der Waals surface area (Å²) in [5, 5.41) is 9.38. The number of benzene rings is 2.